The zero-order valence-electron chi connectivity index (χ0n) is 7.68. The number of hydrogen-bond acceptors (Lipinski definition) is 2. The lowest BCUT2D eigenvalue weighted by Gasteiger charge is -2.14. The molecule has 1 aromatic carbocycles. The maximum Gasteiger partial charge on any atom is 0.316 e. The normalized spacial score (nSPS) is 21.6. The summed E-state index contributed by atoms with van der Waals surface area (Å²) < 4.78 is 0. The van der Waals surface area contributed by atoms with E-state index < -0.39 is 11.2 Å². The quantitative estimate of drug-likeness (QED) is 0.730. The summed E-state index contributed by atoms with van der Waals surface area (Å²) in [4.78, 5) is 10.8. The van der Waals surface area contributed by atoms with E-state index >= 15 is 0 Å². The molecule has 0 saturated heterocycles. The molecule has 74 valence electrons. The van der Waals surface area contributed by atoms with Gasteiger partial charge in [0.25, 0.3) is 0 Å². The monoisotopic (exact) mass is 208 g/mol. The average molecular weight is 208 g/mol. The van der Waals surface area contributed by atoms with Gasteiger partial charge in [-0.05, 0) is 24.0 Å². The summed E-state index contributed by atoms with van der Waals surface area (Å²) in [6.07, 6.45) is 1.88. The number of aryl methyl sites for hydroxylation is 1. The van der Waals surface area contributed by atoms with Crippen LogP contribution >= 0.6 is 12.6 Å². The maximum atomic E-state index is 10.8. The molecule has 0 aromatic heterocycles. The molecule has 0 fully saturated rings. The van der Waals surface area contributed by atoms with Gasteiger partial charge in [0.05, 0.1) is 0 Å². The summed E-state index contributed by atoms with van der Waals surface area (Å²) in [7, 11) is 0. The Balaban J connectivity index is 2.30. The van der Waals surface area contributed by atoms with E-state index in [0.29, 0.717) is 0 Å². The predicted octanol–water partition coefficient (Wildman–Crippen LogP) is 2.10. The van der Waals surface area contributed by atoms with Crippen LogP contribution in [-0.4, -0.2) is 16.3 Å². The lowest BCUT2D eigenvalue weighted by molar-refractivity contribution is -0.136. The first-order valence-corrected chi connectivity index (χ1v) is 5.20. The maximum absolute atomic E-state index is 10.8. The molecule has 1 N–H and O–H groups in total. The number of carbonyl (C=O) groups is 1. The van der Waals surface area contributed by atoms with Crippen LogP contribution in [0, 0.1) is 0 Å². The van der Waals surface area contributed by atoms with Crippen LogP contribution in [0.25, 0.3) is 0 Å². The minimum absolute atomic E-state index is 0.0760. The molecule has 2 rings (SSSR count). The van der Waals surface area contributed by atoms with E-state index in [1.54, 1.807) is 0 Å². The number of hydrogen-bond donors (Lipinski definition) is 2. The predicted molar refractivity (Wildman–Crippen MR) is 57.9 cm³/mol. The van der Waals surface area contributed by atoms with Gasteiger partial charge in [0, 0.05) is 5.92 Å². The van der Waals surface area contributed by atoms with Gasteiger partial charge in [-0.3, -0.25) is 4.79 Å². The third kappa shape index (κ3) is 1.52. The van der Waals surface area contributed by atoms with Gasteiger partial charge in [-0.25, -0.2) is 0 Å². The van der Waals surface area contributed by atoms with E-state index in [0.717, 1.165) is 18.4 Å². The molecule has 14 heavy (non-hydrogen) atoms. The molecule has 0 saturated carbocycles. The van der Waals surface area contributed by atoms with E-state index in [4.69, 9.17) is 5.11 Å². The van der Waals surface area contributed by atoms with Gasteiger partial charge < -0.3 is 5.11 Å². The molecule has 0 bridgehead atoms. The van der Waals surface area contributed by atoms with Crippen molar-refractivity contribution >= 4 is 18.6 Å². The van der Waals surface area contributed by atoms with Crippen molar-refractivity contribution in [2.45, 2.75) is 24.0 Å². The van der Waals surface area contributed by atoms with Crippen molar-refractivity contribution in [3.05, 3.63) is 35.4 Å². The van der Waals surface area contributed by atoms with E-state index in [1.807, 2.05) is 18.2 Å². The molecular formula is C11H12O2S. The fourth-order valence-electron chi connectivity index (χ4n) is 2.09. The largest absolute Gasteiger partial charge is 0.480 e. The standard InChI is InChI=1S/C11H12O2S/c12-11(13)10(14)9-6-5-7-3-1-2-4-8(7)9/h1-4,9-10,14H,5-6H2,(H,12,13)/t9?,10-/m0/s1. The number of rotatable bonds is 2. The first kappa shape index (κ1) is 9.59. The highest BCUT2D eigenvalue weighted by molar-refractivity contribution is 7.81. The third-order valence-electron chi connectivity index (χ3n) is 2.81. The topological polar surface area (TPSA) is 37.3 Å². The zero-order valence-corrected chi connectivity index (χ0v) is 8.58. The van der Waals surface area contributed by atoms with Crippen LogP contribution in [0.2, 0.25) is 0 Å². The van der Waals surface area contributed by atoms with Crippen LogP contribution in [0.3, 0.4) is 0 Å². The molecule has 0 aliphatic heterocycles. The number of aliphatic carboxylic acids is 1. The molecule has 0 amide bonds. The molecule has 0 spiro atoms. The molecule has 2 nitrogen and oxygen atoms in total. The molecule has 2 atom stereocenters. The fourth-order valence-corrected chi connectivity index (χ4v) is 2.40. The molecule has 1 aromatic rings. The van der Waals surface area contributed by atoms with Crippen molar-refractivity contribution in [2.75, 3.05) is 0 Å². The van der Waals surface area contributed by atoms with E-state index in [2.05, 4.69) is 18.7 Å². The van der Waals surface area contributed by atoms with Gasteiger partial charge in [-0.15, -0.1) is 0 Å². The summed E-state index contributed by atoms with van der Waals surface area (Å²) in [5.41, 5.74) is 2.44. The van der Waals surface area contributed by atoms with Crippen molar-refractivity contribution in [3.8, 4) is 0 Å². The molecule has 1 aliphatic carbocycles. The van der Waals surface area contributed by atoms with Gasteiger partial charge in [-0.2, -0.15) is 12.6 Å². The zero-order chi connectivity index (χ0) is 10.1. The molecular weight excluding hydrogens is 196 g/mol. The smallest absolute Gasteiger partial charge is 0.316 e. The van der Waals surface area contributed by atoms with Crippen molar-refractivity contribution in [1.29, 1.82) is 0 Å². The van der Waals surface area contributed by atoms with Gasteiger partial charge in [0.15, 0.2) is 0 Å². The van der Waals surface area contributed by atoms with Crippen LogP contribution in [0.5, 0.6) is 0 Å². The molecule has 1 unspecified atom stereocenters. The Bertz CT molecular complexity index is 362. The van der Waals surface area contributed by atoms with Crippen LogP contribution < -0.4 is 0 Å². The van der Waals surface area contributed by atoms with E-state index in [-0.39, 0.29) is 5.92 Å². The highest BCUT2D eigenvalue weighted by atomic mass is 32.1. The van der Waals surface area contributed by atoms with Crippen LogP contribution in [-0.2, 0) is 11.2 Å². The van der Waals surface area contributed by atoms with Gasteiger partial charge in [0.2, 0.25) is 0 Å². The van der Waals surface area contributed by atoms with E-state index in [1.165, 1.54) is 5.56 Å². The van der Waals surface area contributed by atoms with Crippen LogP contribution in [0.15, 0.2) is 24.3 Å². The third-order valence-corrected chi connectivity index (χ3v) is 3.39. The fraction of sp³-hybridized carbons (Fsp3) is 0.364. The SMILES string of the molecule is O=C(O)[C@@H](S)C1CCc2ccccc21. The summed E-state index contributed by atoms with van der Waals surface area (Å²) >= 11 is 4.15. The minimum Gasteiger partial charge on any atom is -0.480 e. The number of fused-ring (bicyclic) bond motifs is 1. The highest BCUT2D eigenvalue weighted by Crippen LogP contribution is 2.37. The Morgan fingerprint density at radius 2 is 2.21 bits per heavy atom. The Hall–Kier alpha value is -0.960. The van der Waals surface area contributed by atoms with Gasteiger partial charge in [0.1, 0.15) is 5.25 Å². The van der Waals surface area contributed by atoms with Gasteiger partial charge in [-0.1, -0.05) is 24.3 Å². The van der Waals surface area contributed by atoms with Crippen molar-refractivity contribution in [2.24, 2.45) is 0 Å². The lowest BCUT2D eigenvalue weighted by Crippen LogP contribution is -2.20. The molecule has 1 aliphatic rings. The second kappa shape index (κ2) is 3.65. The van der Waals surface area contributed by atoms with Crippen molar-refractivity contribution in [3.63, 3.8) is 0 Å². The second-order valence-electron chi connectivity index (χ2n) is 3.63. The number of carboxylic acids is 1. The summed E-state index contributed by atoms with van der Waals surface area (Å²) in [6, 6.07) is 8.03. The first-order chi connectivity index (χ1) is 6.70. The van der Waals surface area contributed by atoms with Crippen molar-refractivity contribution in [1.82, 2.24) is 0 Å². The Kier molecular flexibility index (Phi) is 2.50. The summed E-state index contributed by atoms with van der Waals surface area (Å²) in [5, 5.41) is 8.32. The molecule has 3 heteroatoms. The van der Waals surface area contributed by atoms with Crippen LogP contribution in [0.1, 0.15) is 23.5 Å². The average Bonchev–Trinajstić information content (AvgIpc) is 2.60. The Morgan fingerprint density at radius 3 is 2.93 bits per heavy atom. The first-order valence-electron chi connectivity index (χ1n) is 4.69. The second-order valence-corrected chi connectivity index (χ2v) is 4.18. The Morgan fingerprint density at radius 1 is 1.50 bits per heavy atom. The van der Waals surface area contributed by atoms with Crippen LogP contribution in [0.4, 0.5) is 0 Å². The van der Waals surface area contributed by atoms with Gasteiger partial charge >= 0.3 is 5.97 Å². The highest BCUT2D eigenvalue weighted by Gasteiger charge is 2.31. The number of carboxylic acid groups (broad SMARTS) is 1. The molecule has 0 radical (unpaired) electrons. The van der Waals surface area contributed by atoms with Crippen molar-refractivity contribution < 1.29 is 9.90 Å². The lowest BCUT2D eigenvalue weighted by atomic mass is 9.97. The Labute approximate surface area is 88.4 Å². The minimum atomic E-state index is -0.824. The summed E-state index contributed by atoms with van der Waals surface area (Å²) in [6.45, 7) is 0. The summed E-state index contributed by atoms with van der Waals surface area (Å²) in [5.74, 6) is -0.748. The number of benzene rings is 1. The number of thiol groups is 1. The van der Waals surface area contributed by atoms with E-state index in [9.17, 15) is 4.79 Å². The molecule has 0 heterocycles.